The molecule has 0 bridgehead atoms. The van der Waals surface area contributed by atoms with Crippen molar-refractivity contribution in [3.8, 4) is 0 Å². The maximum atomic E-state index is 3.60. The first kappa shape index (κ1) is 17.2. The van der Waals surface area contributed by atoms with Crippen LogP contribution in [0.15, 0.2) is 12.1 Å². The standard InChI is InChI=1S/C19H33N/c1-13(2)10-11-20-12-15(5)19-9-8-18(14(3)4)16(6)17(19)7/h8-9,13-15,20H,10-12H2,1-7H3. The van der Waals surface area contributed by atoms with Gasteiger partial charge in [-0.3, -0.25) is 0 Å². The van der Waals surface area contributed by atoms with E-state index in [-0.39, 0.29) is 0 Å². The molecule has 0 radical (unpaired) electrons. The fourth-order valence-electron chi connectivity index (χ4n) is 2.84. The summed E-state index contributed by atoms with van der Waals surface area (Å²) in [4.78, 5) is 0. The summed E-state index contributed by atoms with van der Waals surface area (Å²) in [5, 5.41) is 3.60. The van der Waals surface area contributed by atoms with Crippen LogP contribution >= 0.6 is 0 Å². The zero-order valence-electron chi connectivity index (χ0n) is 14.5. The normalized spacial score (nSPS) is 13.2. The molecule has 0 heterocycles. The van der Waals surface area contributed by atoms with E-state index in [9.17, 15) is 0 Å². The Morgan fingerprint density at radius 3 is 2.00 bits per heavy atom. The van der Waals surface area contributed by atoms with E-state index in [1.807, 2.05) is 0 Å². The summed E-state index contributed by atoms with van der Waals surface area (Å²) in [5.74, 6) is 1.98. The molecule has 1 aromatic carbocycles. The molecule has 0 aliphatic carbocycles. The van der Waals surface area contributed by atoms with Gasteiger partial charge in [0.05, 0.1) is 0 Å². The van der Waals surface area contributed by atoms with Gasteiger partial charge >= 0.3 is 0 Å². The second kappa shape index (κ2) is 7.83. The molecule has 1 heteroatoms. The lowest BCUT2D eigenvalue weighted by Crippen LogP contribution is -2.22. The van der Waals surface area contributed by atoms with Gasteiger partial charge in [0.15, 0.2) is 0 Å². The molecule has 0 amide bonds. The fraction of sp³-hybridized carbons (Fsp3) is 0.684. The molecular formula is C19H33N. The molecule has 1 N–H and O–H groups in total. The van der Waals surface area contributed by atoms with Crippen LogP contribution < -0.4 is 5.32 Å². The minimum atomic E-state index is 0.585. The van der Waals surface area contributed by atoms with E-state index < -0.39 is 0 Å². The third-order valence-corrected chi connectivity index (χ3v) is 4.37. The van der Waals surface area contributed by atoms with E-state index in [0.29, 0.717) is 11.8 Å². The van der Waals surface area contributed by atoms with Crippen molar-refractivity contribution in [1.82, 2.24) is 5.32 Å². The van der Waals surface area contributed by atoms with Crippen molar-refractivity contribution >= 4 is 0 Å². The molecule has 0 aliphatic heterocycles. The average Bonchev–Trinajstić information content (AvgIpc) is 2.36. The van der Waals surface area contributed by atoms with E-state index in [1.165, 1.54) is 28.7 Å². The molecule has 1 unspecified atom stereocenters. The molecular weight excluding hydrogens is 242 g/mol. The molecule has 0 aromatic heterocycles. The van der Waals surface area contributed by atoms with Crippen LogP contribution in [0.4, 0.5) is 0 Å². The SMILES string of the molecule is Cc1c(C(C)C)ccc(C(C)CNCCC(C)C)c1C. The minimum Gasteiger partial charge on any atom is -0.316 e. The summed E-state index contributed by atoms with van der Waals surface area (Å²) >= 11 is 0. The Morgan fingerprint density at radius 1 is 0.900 bits per heavy atom. The van der Waals surface area contributed by atoms with Crippen molar-refractivity contribution in [2.75, 3.05) is 13.1 Å². The lowest BCUT2D eigenvalue weighted by molar-refractivity contribution is 0.521. The molecule has 1 aromatic rings. The zero-order chi connectivity index (χ0) is 15.3. The Morgan fingerprint density at radius 2 is 1.45 bits per heavy atom. The Hall–Kier alpha value is -0.820. The van der Waals surface area contributed by atoms with Crippen molar-refractivity contribution in [3.05, 3.63) is 34.4 Å². The zero-order valence-corrected chi connectivity index (χ0v) is 14.5. The summed E-state index contributed by atoms with van der Waals surface area (Å²) in [6.07, 6.45) is 1.26. The Bertz CT molecular complexity index is 418. The highest BCUT2D eigenvalue weighted by molar-refractivity contribution is 5.42. The van der Waals surface area contributed by atoms with E-state index in [0.717, 1.165) is 19.0 Å². The molecule has 1 nitrogen and oxygen atoms in total. The summed E-state index contributed by atoms with van der Waals surface area (Å²) < 4.78 is 0. The van der Waals surface area contributed by atoms with Gasteiger partial charge in [0.25, 0.3) is 0 Å². The van der Waals surface area contributed by atoms with Gasteiger partial charge in [-0.15, -0.1) is 0 Å². The molecule has 0 saturated heterocycles. The Kier molecular flexibility index (Phi) is 6.75. The average molecular weight is 275 g/mol. The van der Waals surface area contributed by atoms with E-state index >= 15 is 0 Å². The highest BCUT2D eigenvalue weighted by Crippen LogP contribution is 2.28. The van der Waals surface area contributed by atoms with Crippen LogP contribution in [-0.2, 0) is 0 Å². The summed E-state index contributed by atoms with van der Waals surface area (Å²) in [6.45, 7) is 18.2. The van der Waals surface area contributed by atoms with Crippen molar-refractivity contribution in [3.63, 3.8) is 0 Å². The van der Waals surface area contributed by atoms with Gasteiger partial charge in [-0.05, 0) is 66.8 Å². The molecule has 1 atom stereocenters. The monoisotopic (exact) mass is 275 g/mol. The van der Waals surface area contributed by atoms with Crippen molar-refractivity contribution < 1.29 is 0 Å². The van der Waals surface area contributed by atoms with Crippen LogP contribution in [0, 0.1) is 19.8 Å². The molecule has 0 fully saturated rings. The van der Waals surface area contributed by atoms with Gasteiger partial charge in [0.2, 0.25) is 0 Å². The van der Waals surface area contributed by atoms with Gasteiger partial charge in [0.1, 0.15) is 0 Å². The fourth-order valence-corrected chi connectivity index (χ4v) is 2.84. The lowest BCUT2D eigenvalue weighted by atomic mass is 9.87. The summed E-state index contributed by atoms with van der Waals surface area (Å²) in [5.41, 5.74) is 5.95. The predicted molar refractivity (Wildman–Crippen MR) is 90.7 cm³/mol. The van der Waals surface area contributed by atoms with Crippen LogP contribution in [0.5, 0.6) is 0 Å². The molecule has 0 aliphatic rings. The van der Waals surface area contributed by atoms with Crippen molar-refractivity contribution in [2.24, 2.45) is 5.92 Å². The molecule has 0 saturated carbocycles. The largest absolute Gasteiger partial charge is 0.316 e. The van der Waals surface area contributed by atoms with Crippen LogP contribution in [0.25, 0.3) is 0 Å². The maximum Gasteiger partial charge on any atom is 0.00175 e. The van der Waals surface area contributed by atoms with Crippen LogP contribution in [0.3, 0.4) is 0 Å². The predicted octanol–water partition coefficient (Wildman–Crippen LogP) is 5.17. The van der Waals surface area contributed by atoms with Crippen LogP contribution in [0.2, 0.25) is 0 Å². The van der Waals surface area contributed by atoms with Crippen molar-refractivity contribution in [1.29, 1.82) is 0 Å². The summed E-state index contributed by atoms with van der Waals surface area (Å²) in [7, 11) is 0. The second-order valence-electron chi connectivity index (χ2n) is 6.94. The number of hydrogen-bond donors (Lipinski definition) is 1. The third-order valence-electron chi connectivity index (χ3n) is 4.37. The highest BCUT2D eigenvalue weighted by atomic mass is 14.8. The minimum absolute atomic E-state index is 0.585. The second-order valence-corrected chi connectivity index (χ2v) is 6.94. The van der Waals surface area contributed by atoms with Gasteiger partial charge in [0, 0.05) is 6.54 Å². The molecule has 0 spiro atoms. The van der Waals surface area contributed by atoms with Gasteiger partial charge < -0.3 is 5.32 Å². The number of benzene rings is 1. The quantitative estimate of drug-likeness (QED) is 0.677. The van der Waals surface area contributed by atoms with Crippen molar-refractivity contribution in [2.45, 2.75) is 66.7 Å². The van der Waals surface area contributed by atoms with Gasteiger partial charge in [-0.1, -0.05) is 46.8 Å². The number of hydrogen-bond acceptors (Lipinski definition) is 1. The molecule has 1 rings (SSSR count). The van der Waals surface area contributed by atoms with E-state index in [2.05, 4.69) is 65.9 Å². The van der Waals surface area contributed by atoms with Crippen LogP contribution in [-0.4, -0.2) is 13.1 Å². The Balaban J connectivity index is 2.69. The highest BCUT2D eigenvalue weighted by Gasteiger charge is 2.13. The molecule has 20 heavy (non-hydrogen) atoms. The van der Waals surface area contributed by atoms with Crippen LogP contribution in [0.1, 0.15) is 75.1 Å². The first-order valence-corrected chi connectivity index (χ1v) is 8.15. The lowest BCUT2D eigenvalue weighted by Gasteiger charge is -2.20. The first-order chi connectivity index (χ1) is 9.34. The topological polar surface area (TPSA) is 12.0 Å². The maximum absolute atomic E-state index is 3.60. The summed E-state index contributed by atoms with van der Waals surface area (Å²) in [6, 6.07) is 4.67. The number of rotatable bonds is 7. The van der Waals surface area contributed by atoms with E-state index in [1.54, 1.807) is 0 Å². The smallest absolute Gasteiger partial charge is 0.00175 e. The first-order valence-electron chi connectivity index (χ1n) is 8.15. The molecule has 114 valence electrons. The van der Waals surface area contributed by atoms with E-state index in [4.69, 9.17) is 0 Å². The Labute approximate surface area is 126 Å². The van der Waals surface area contributed by atoms with Gasteiger partial charge in [-0.25, -0.2) is 0 Å². The third kappa shape index (κ3) is 4.63. The number of nitrogens with one attached hydrogen (secondary N) is 1. The van der Waals surface area contributed by atoms with Gasteiger partial charge in [-0.2, -0.15) is 0 Å².